The number of hydrogen-bond donors (Lipinski definition) is 2. The lowest BCUT2D eigenvalue weighted by Gasteiger charge is -2.16. The fourth-order valence-electron chi connectivity index (χ4n) is 1.39. The molecule has 1 aliphatic carbocycles. The van der Waals surface area contributed by atoms with Crippen molar-refractivity contribution in [2.24, 2.45) is 5.92 Å². The lowest BCUT2D eigenvalue weighted by Crippen LogP contribution is -2.14. The lowest BCUT2D eigenvalue weighted by atomic mass is 9.92. The number of hydrogen-bond acceptors (Lipinski definition) is 2. The summed E-state index contributed by atoms with van der Waals surface area (Å²) >= 11 is 0. The van der Waals surface area contributed by atoms with Crippen molar-refractivity contribution in [1.82, 2.24) is 5.48 Å². The summed E-state index contributed by atoms with van der Waals surface area (Å²) in [7, 11) is 0. The van der Waals surface area contributed by atoms with Crippen LogP contribution in [0.1, 0.15) is 25.7 Å². The standard InChI is InChI=1S/C8H15NO/c10-9-7-6-8-4-2-1-3-5-8/h1-2,8-10H,3-7H2. The van der Waals surface area contributed by atoms with Crippen molar-refractivity contribution in [2.45, 2.75) is 25.7 Å². The molecule has 0 aromatic carbocycles. The fourth-order valence-corrected chi connectivity index (χ4v) is 1.39. The monoisotopic (exact) mass is 141 g/mol. The maximum absolute atomic E-state index is 8.33. The minimum absolute atomic E-state index is 0.735. The third kappa shape index (κ3) is 2.50. The highest BCUT2D eigenvalue weighted by Gasteiger charge is 2.07. The van der Waals surface area contributed by atoms with Crippen LogP contribution in [0.15, 0.2) is 12.2 Å². The van der Waals surface area contributed by atoms with Gasteiger partial charge in [0.15, 0.2) is 0 Å². The number of allylic oxidation sites excluding steroid dienone is 2. The lowest BCUT2D eigenvalue weighted by molar-refractivity contribution is 0.158. The first kappa shape index (κ1) is 7.76. The summed E-state index contributed by atoms with van der Waals surface area (Å²) in [6, 6.07) is 0. The molecule has 0 amide bonds. The van der Waals surface area contributed by atoms with E-state index in [2.05, 4.69) is 17.6 Å². The van der Waals surface area contributed by atoms with Gasteiger partial charge in [0.2, 0.25) is 0 Å². The normalized spacial score (nSPS) is 25.1. The Morgan fingerprint density at radius 1 is 1.50 bits per heavy atom. The van der Waals surface area contributed by atoms with Crippen molar-refractivity contribution in [3.05, 3.63) is 12.2 Å². The van der Waals surface area contributed by atoms with E-state index >= 15 is 0 Å². The van der Waals surface area contributed by atoms with Gasteiger partial charge in [-0.1, -0.05) is 12.2 Å². The van der Waals surface area contributed by atoms with Crippen LogP contribution >= 0.6 is 0 Å². The molecule has 0 heterocycles. The van der Waals surface area contributed by atoms with Gasteiger partial charge in [0.25, 0.3) is 0 Å². The molecular weight excluding hydrogens is 126 g/mol. The first-order chi connectivity index (χ1) is 4.93. The highest BCUT2D eigenvalue weighted by Crippen LogP contribution is 2.20. The highest BCUT2D eigenvalue weighted by molar-refractivity contribution is 4.89. The summed E-state index contributed by atoms with van der Waals surface area (Å²) in [6.07, 6.45) is 9.28. The first-order valence-corrected chi connectivity index (χ1v) is 3.95. The molecule has 58 valence electrons. The maximum Gasteiger partial charge on any atom is 0.0210 e. The van der Waals surface area contributed by atoms with E-state index in [-0.39, 0.29) is 0 Å². The van der Waals surface area contributed by atoms with Crippen LogP contribution < -0.4 is 5.48 Å². The highest BCUT2D eigenvalue weighted by atomic mass is 16.5. The summed E-state index contributed by atoms with van der Waals surface area (Å²) in [5.41, 5.74) is 2.19. The van der Waals surface area contributed by atoms with Gasteiger partial charge in [-0.05, 0) is 31.6 Å². The molecule has 1 atom stereocenters. The topological polar surface area (TPSA) is 32.3 Å². The van der Waals surface area contributed by atoms with Crippen LogP contribution in [0.4, 0.5) is 0 Å². The minimum atomic E-state index is 0.735. The molecule has 0 aromatic heterocycles. The molecule has 0 spiro atoms. The van der Waals surface area contributed by atoms with E-state index < -0.39 is 0 Å². The van der Waals surface area contributed by atoms with Gasteiger partial charge in [-0.25, -0.2) is 5.48 Å². The Morgan fingerprint density at radius 3 is 3.00 bits per heavy atom. The van der Waals surface area contributed by atoms with E-state index in [1.54, 1.807) is 0 Å². The molecule has 0 fully saturated rings. The molecule has 0 aromatic rings. The molecule has 0 aliphatic heterocycles. The zero-order valence-corrected chi connectivity index (χ0v) is 6.21. The van der Waals surface area contributed by atoms with Crippen molar-refractivity contribution in [3.63, 3.8) is 0 Å². The summed E-state index contributed by atoms with van der Waals surface area (Å²) in [6.45, 7) is 0.735. The Balaban J connectivity index is 2.10. The van der Waals surface area contributed by atoms with Crippen molar-refractivity contribution in [2.75, 3.05) is 6.54 Å². The number of hydroxylamine groups is 1. The van der Waals surface area contributed by atoms with Gasteiger partial charge >= 0.3 is 0 Å². The maximum atomic E-state index is 8.33. The largest absolute Gasteiger partial charge is 0.317 e. The molecule has 1 unspecified atom stereocenters. The van der Waals surface area contributed by atoms with Gasteiger partial charge in [-0.15, -0.1) is 0 Å². The van der Waals surface area contributed by atoms with Gasteiger partial charge in [-0.3, -0.25) is 0 Å². The number of nitrogens with one attached hydrogen (secondary N) is 1. The molecule has 0 saturated carbocycles. The molecule has 1 aliphatic rings. The third-order valence-corrected chi connectivity index (χ3v) is 2.04. The first-order valence-electron chi connectivity index (χ1n) is 3.95. The molecule has 0 radical (unpaired) electrons. The molecule has 2 heteroatoms. The smallest absolute Gasteiger partial charge is 0.0210 e. The van der Waals surface area contributed by atoms with Gasteiger partial charge in [0.05, 0.1) is 0 Å². The Hall–Kier alpha value is -0.340. The average molecular weight is 141 g/mol. The van der Waals surface area contributed by atoms with E-state index in [0.717, 1.165) is 18.9 Å². The zero-order valence-electron chi connectivity index (χ0n) is 6.21. The fraction of sp³-hybridized carbons (Fsp3) is 0.750. The summed E-state index contributed by atoms with van der Waals surface area (Å²) < 4.78 is 0. The van der Waals surface area contributed by atoms with Crippen LogP contribution in [-0.4, -0.2) is 11.8 Å². The zero-order chi connectivity index (χ0) is 7.23. The van der Waals surface area contributed by atoms with E-state index in [4.69, 9.17) is 5.21 Å². The van der Waals surface area contributed by atoms with Crippen molar-refractivity contribution in [1.29, 1.82) is 0 Å². The Morgan fingerprint density at radius 2 is 2.40 bits per heavy atom. The second-order valence-corrected chi connectivity index (χ2v) is 2.85. The van der Waals surface area contributed by atoms with E-state index in [1.807, 2.05) is 0 Å². The minimum Gasteiger partial charge on any atom is -0.317 e. The Labute approximate surface area is 61.9 Å². The van der Waals surface area contributed by atoms with Gasteiger partial charge in [-0.2, -0.15) is 0 Å². The van der Waals surface area contributed by atoms with Crippen molar-refractivity contribution < 1.29 is 5.21 Å². The van der Waals surface area contributed by atoms with Crippen LogP contribution in [0, 0.1) is 5.92 Å². The van der Waals surface area contributed by atoms with Crippen LogP contribution in [-0.2, 0) is 0 Å². The molecule has 0 bridgehead atoms. The van der Waals surface area contributed by atoms with Gasteiger partial charge < -0.3 is 5.21 Å². The molecule has 2 nitrogen and oxygen atoms in total. The van der Waals surface area contributed by atoms with Crippen molar-refractivity contribution in [3.8, 4) is 0 Å². The predicted octanol–water partition coefficient (Wildman–Crippen LogP) is 1.71. The average Bonchev–Trinajstić information content (AvgIpc) is 2.03. The summed E-state index contributed by atoms with van der Waals surface area (Å²) in [4.78, 5) is 0. The predicted molar refractivity (Wildman–Crippen MR) is 40.9 cm³/mol. The third-order valence-electron chi connectivity index (χ3n) is 2.04. The number of rotatable bonds is 3. The summed E-state index contributed by atoms with van der Waals surface area (Å²) in [5, 5.41) is 8.33. The van der Waals surface area contributed by atoms with Gasteiger partial charge in [0.1, 0.15) is 0 Å². The molecule has 2 N–H and O–H groups in total. The SMILES string of the molecule is ONCCC1CC=CCC1. The second kappa shape index (κ2) is 4.47. The molecular formula is C8H15NO. The van der Waals surface area contributed by atoms with Crippen LogP contribution in [0.5, 0.6) is 0 Å². The summed E-state index contributed by atoms with van der Waals surface area (Å²) in [5.74, 6) is 0.796. The van der Waals surface area contributed by atoms with Gasteiger partial charge in [0, 0.05) is 6.54 Å². The Kier molecular flexibility index (Phi) is 3.47. The second-order valence-electron chi connectivity index (χ2n) is 2.85. The Bertz CT molecular complexity index is 112. The van der Waals surface area contributed by atoms with Crippen LogP contribution in [0.3, 0.4) is 0 Å². The quantitative estimate of drug-likeness (QED) is 0.463. The van der Waals surface area contributed by atoms with E-state index in [1.165, 1.54) is 19.3 Å². The molecule has 1 rings (SSSR count). The molecule has 10 heavy (non-hydrogen) atoms. The van der Waals surface area contributed by atoms with E-state index in [9.17, 15) is 0 Å². The van der Waals surface area contributed by atoms with Crippen LogP contribution in [0.25, 0.3) is 0 Å². The van der Waals surface area contributed by atoms with E-state index in [0.29, 0.717) is 0 Å². The van der Waals surface area contributed by atoms with Crippen molar-refractivity contribution >= 4 is 0 Å². The molecule has 0 saturated heterocycles. The van der Waals surface area contributed by atoms with Crippen LogP contribution in [0.2, 0.25) is 0 Å².